The van der Waals surface area contributed by atoms with E-state index in [-0.39, 0.29) is 15.8 Å². The standard InChI is InChI=1S/C25H28IN3O3S/c1-28(25(30)29(2)24(26)19-6-4-3-5-7-19)22-10-12-23(13-11-22)33(31,32)17-18-8-9-20-15-27-16-21(20)14-18/h3-10,12,14,24,27H,11,13,15-17H2,1-2H3. The summed E-state index contributed by atoms with van der Waals surface area (Å²) in [4.78, 5) is 16.8. The highest BCUT2D eigenvalue weighted by atomic mass is 127. The Kier molecular flexibility index (Phi) is 7.25. The van der Waals surface area contributed by atoms with Gasteiger partial charge in [0.05, 0.1) is 5.75 Å². The molecule has 0 bridgehead atoms. The molecule has 1 aliphatic heterocycles. The normalized spacial score (nSPS) is 16.5. The lowest BCUT2D eigenvalue weighted by molar-refractivity contribution is 0.181. The lowest BCUT2D eigenvalue weighted by Gasteiger charge is -2.31. The number of carbonyl (C=O) groups excluding carboxylic acids is 1. The first kappa shape index (κ1) is 24.0. The number of urea groups is 1. The van der Waals surface area contributed by atoms with Gasteiger partial charge in [0.25, 0.3) is 0 Å². The third kappa shape index (κ3) is 5.33. The third-order valence-corrected chi connectivity index (χ3v) is 9.59. The number of rotatable bonds is 6. The Balaban J connectivity index is 1.44. The minimum absolute atomic E-state index is 0.000382. The number of amides is 2. The predicted molar refractivity (Wildman–Crippen MR) is 139 cm³/mol. The molecule has 0 aromatic heterocycles. The van der Waals surface area contributed by atoms with E-state index < -0.39 is 9.84 Å². The molecular weight excluding hydrogens is 549 g/mol. The van der Waals surface area contributed by atoms with Gasteiger partial charge < -0.3 is 15.1 Å². The summed E-state index contributed by atoms with van der Waals surface area (Å²) in [6, 6.07) is 15.6. The van der Waals surface area contributed by atoms with Gasteiger partial charge in [0.2, 0.25) is 0 Å². The largest absolute Gasteiger partial charge is 0.324 e. The van der Waals surface area contributed by atoms with Gasteiger partial charge in [0.15, 0.2) is 9.84 Å². The van der Waals surface area contributed by atoms with Crippen molar-refractivity contribution in [2.24, 2.45) is 0 Å². The lowest BCUT2D eigenvalue weighted by atomic mass is 10.1. The number of fused-ring (bicyclic) bond motifs is 1. The molecule has 33 heavy (non-hydrogen) atoms. The van der Waals surface area contributed by atoms with E-state index in [1.807, 2.05) is 48.5 Å². The van der Waals surface area contributed by atoms with Crippen molar-refractivity contribution in [3.05, 3.63) is 93.5 Å². The highest BCUT2D eigenvalue weighted by molar-refractivity contribution is 14.1. The fourth-order valence-electron chi connectivity index (χ4n) is 4.19. The van der Waals surface area contributed by atoms with Crippen molar-refractivity contribution in [1.29, 1.82) is 0 Å². The van der Waals surface area contributed by atoms with Crippen molar-refractivity contribution < 1.29 is 13.2 Å². The zero-order chi connectivity index (χ0) is 23.6. The number of nitrogens with zero attached hydrogens (tertiary/aromatic N) is 2. The van der Waals surface area contributed by atoms with Gasteiger partial charge in [-0.15, -0.1) is 0 Å². The van der Waals surface area contributed by atoms with Crippen LogP contribution >= 0.6 is 22.6 Å². The molecule has 2 aromatic carbocycles. The molecule has 2 aliphatic rings. The summed E-state index contributed by atoms with van der Waals surface area (Å²) in [6.45, 7) is 1.63. The summed E-state index contributed by atoms with van der Waals surface area (Å²) in [7, 11) is 0.115. The average molecular weight is 577 g/mol. The molecular formula is C25H28IN3O3S. The van der Waals surface area contributed by atoms with Crippen LogP contribution in [0.5, 0.6) is 0 Å². The van der Waals surface area contributed by atoms with E-state index in [4.69, 9.17) is 0 Å². The molecule has 0 saturated heterocycles. The Labute approximate surface area is 209 Å². The number of hydrogen-bond donors (Lipinski definition) is 1. The summed E-state index contributed by atoms with van der Waals surface area (Å²) in [6.07, 6.45) is 4.33. The van der Waals surface area contributed by atoms with Crippen molar-refractivity contribution in [2.75, 3.05) is 14.1 Å². The number of allylic oxidation sites excluding steroid dienone is 4. The second-order valence-electron chi connectivity index (χ2n) is 8.46. The lowest BCUT2D eigenvalue weighted by Crippen LogP contribution is -2.39. The molecule has 1 heterocycles. The van der Waals surface area contributed by atoms with Crippen molar-refractivity contribution in [2.45, 2.75) is 35.7 Å². The number of sulfone groups is 1. The van der Waals surface area contributed by atoms with Crippen LogP contribution in [0.25, 0.3) is 0 Å². The van der Waals surface area contributed by atoms with Crippen LogP contribution in [0.15, 0.2) is 71.3 Å². The number of hydrogen-bond acceptors (Lipinski definition) is 4. The van der Waals surface area contributed by atoms with Crippen LogP contribution in [0.4, 0.5) is 4.79 Å². The topological polar surface area (TPSA) is 69.7 Å². The Morgan fingerprint density at radius 3 is 2.45 bits per heavy atom. The van der Waals surface area contributed by atoms with Crippen molar-refractivity contribution >= 4 is 38.5 Å². The summed E-state index contributed by atoms with van der Waals surface area (Å²) >= 11 is 2.25. The van der Waals surface area contributed by atoms with Gasteiger partial charge in [0.1, 0.15) is 4.05 Å². The van der Waals surface area contributed by atoms with Gasteiger partial charge >= 0.3 is 6.03 Å². The summed E-state index contributed by atoms with van der Waals surface area (Å²) < 4.78 is 25.9. The maximum absolute atomic E-state index is 13.0. The molecule has 1 atom stereocenters. The van der Waals surface area contributed by atoms with Crippen molar-refractivity contribution in [1.82, 2.24) is 15.1 Å². The van der Waals surface area contributed by atoms with Crippen molar-refractivity contribution in [3.8, 4) is 0 Å². The monoisotopic (exact) mass is 577 g/mol. The number of nitrogens with one attached hydrogen (secondary N) is 1. The molecule has 174 valence electrons. The third-order valence-electron chi connectivity index (χ3n) is 6.18. The van der Waals surface area contributed by atoms with E-state index in [1.165, 1.54) is 11.1 Å². The van der Waals surface area contributed by atoms with Crippen LogP contribution in [0, 0.1) is 0 Å². The zero-order valence-corrected chi connectivity index (χ0v) is 21.8. The molecule has 1 N–H and O–H groups in total. The molecule has 4 rings (SSSR count). The van der Waals surface area contributed by atoms with E-state index in [0.29, 0.717) is 17.7 Å². The molecule has 0 saturated carbocycles. The van der Waals surface area contributed by atoms with E-state index in [2.05, 4.69) is 27.9 Å². The fraction of sp³-hybridized carbons (Fsp3) is 0.320. The maximum atomic E-state index is 13.0. The van der Waals surface area contributed by atoms with Gasteiger partial charge in [-0.25, -0.2) is 13.2 Å². The van der Waals surface area contributed by atoms with Crippen LogP contribution in [-0.2, 0) is 28.7 Å². The first-order valence-corrected chi connectivity index (χ1v) is 13.8. The Hall–Kier alpha value is -2.17. The second kappa shape index (κ2) is 9.99. The number of alkyl halides is 1. The molecule has 2 aromatic rings. The summed E-state index contributed by atoms with van der Waals surface area (Å²) in [5.74, 6) is 0.000382. The van der Waals surface area contributed by atoms with Crippen LogP contribution in [0.2, 0.25) is 0 Å². The van der Waals surface area contributed by atoms with E-state index >= 15 is 0 Å². The van der Waals surface area contributed by atoms with Crippen LogP contribution in [0.1, 0.15) is 39.1 Å². The fourth-order valence-corrected chi connectivity index (χ4v) is 6.33. The predicted octanol–water partition coefficient (Wildman–Crippen LogP) is 4.88. The van der Waals surface area contributed by atoms with Gasteiger partial charge in [-0.2, -0.15) is 0 Å². The number of benzene rings is 2. The number of carbonyl (C=O) groups is 1. The number of halogens is 1. The van der Waals surface area contributed by atoms with Crippen molar-refractivity contribution in [3.63, 3.8) is 0 Å². The molecule has 6 nitrogen and oxygen atoms in total. The Bertz CT molecular complexity index is 1210. The van der Waals surface area contributed by atoms with Gasteiger partial charge in [-0.1, -0.05) is 71.1 Å². The molecule has 1 aliphatic carbocycles. The smallest absolute Gasteiger partial charge is 0.311 e. The first-order chi connectivity index (χ1) is 15.8. The van der Waals surface area contributed by atoms with E-state index in [9.17, 15) is 13.2 Å². The quantitative estimate of drug-likeness (QED) is 0.302. The SMILES string of the molecule is CN(C(=O)N(C)C(I)c1ccccc1)C1=CC=C(S(=O)(=O)Cc2ccc3c(c2)CNC3)CC1. The Morgan fingerprint density at radius 2 is 1.76 bits per heavy atom. The maximum Gasteiger partial charge on any atom is 0.324 e. The highest BCUT2D eigenvalue weighted by Gasteiger charge is 2.27. The molecule has 8 heteroatoms. The Morgan fingerprint density at radius 1 is 1.03 bits per heavy atom. The second-order valence-corrected chi connectivity index (χ2v) is 11.7. The van der Waals surface area contributed by atoms with Crippen LogP contribution in [-0.4, -0.2) is 38.3 Å². The molecule has 0 fully saturated rings. The van der Waals surface area contributed by atoms with E-state index in [1.54, 1.807) is 36.0 Å². The molecule has 0 radical (unpaired) electrons. The van der Waals surface area contributed by atoms with Crippen LogP contribution < -0.4 is 5.32 Å². The highest BCUT2D eigenvalue weighted by Crippen LogP contribution is 2.31. The first-order valence-electron chi connectivity index (χ1n) is 10.9. The molecule has 2 amide bonds. The molecule has 0 spiro atoms. The van der Waals surface area contributed by atoms with Gasteiger partial charge in [-0.3, -0.25) is 0 Å². The zero-order valence-electron chi connectivity index (χ0n) is 18.8. The summed E-state index contributed by atoms with van der Waals surface area (Å²) in [5, 5.41) is 3.28. The minimum Gasteiger partial charge on any atom is -0.311 e. The molecule has 1 unspecified atom stereocenters. The van der Waals surface area contributed by atoms with Gasteiger partial charge in [0, 0.05) is 37.8 Å². The summed E-state index contributed by atoms with van der Waals surface area (Å²) in [5.41, 5.74) is 5.09. The van der Waals surface area contributed by atoms with Crippen LogP contribution in [0.3, 0.4) is 0 Å². The average Bonchev–Trinajstić information content (AvgIpc) is 3.30. The van der Waals surface area contributed by atoms with E-state index in [0.717, 1.165) is 29.9 Å². The van der Waals surface area contributed by atoms with Gasteiger partial charge in [-0.05, 0) is 47.2 Å². The minimum atomic E-state index is -3.41.